The van der Waals surface area contributed by atoms with Gasteiger partial charge < -0.3 is 10.8 Å². The van der Waals surface area contributed by atoms with Gasteiger partial charge in [0.1, 0.15) is 0 Å². The molecule has 1 heterocycles. The quantitative estimate of drug-likeness (QED) is 0.744. The highest BCUT2D eigenvalue weighted by Crippen LogP contribution is 2.45. The normalized spacial score (nSPS) is 23.0. The second-order valence-electron chi connectivity index (χ2n) is 7.91. The van der Waals surface area contributed by atoms with Crippen LogP contribution in [0.1, 0.15) is 68.0 Å². The summed E-state index contributed by atoms with van der Waals surface area (Å²) in [4.78, 5) is 4.76. The van der Waals surface area contributed by atoms with Crippen LogP contribution in [-0.2, 0) is 10.0 Å². The molecule has 0 bridgehead atoms. The molecule has 4 N–H and O–H groups in total. The SMILES string of the molecule is CC(C)CNS(=O)(=O)c1cc2c(c3cnc(C4CC4)cc13)C(N)CC2O. The maximum atomic E-state index is 13.0. The number of pyridine rings is 1. The molecular formula is C19H25N3O3S. The molecule has 0 aliphatic heterocycles. The largest absolute Gasteiger partial charge is 0.388 e. The second kappa shape index (κ2) is 6.27. The van der Waals surface area contributed by atoms with E-state index in [9.17, 15) is 13.5 Å². The molecule has 140 valence electrons. The Balaban J connectivity index is 1.94. The summed E-state index contributed by atoms with van der Waals surface area (Å²) in [6, 6.07) is 3.19. The van der Waals surface area contributed by atoms with Crippen LogP contribution in [0.4, 0.5) is 0 Å². The maximum Gasteiger partial charge on any atom is 0.241 e. The first-order valence-electron chi connectivity index (χ1n) is 9.17. The van der Waals surface area contributed by atoms with Gasteiger partial charge in [-0.05, 0) is 48.4 Å². The Hall–Kier alpha value is -1.54. The molecule has 0 spiro atoms. The monoisotopic (exact) mass is 375 g/mol. The molecule has 2 aliphatic carbocycles. The van der Waals surface area contributed by atoms with Crippen molar-refractivity contribution in [1.82, 2.24) is 9.71 Å². The highest BCUT2D eigenvalue weighted by Gasteiger charge is 2.33. The maximum absolute atomic E-state index is 13.0. The Morgan fingerprint density at radius 2 is 2.04 bits per heavy atom. The van der Waals surface area contributed by atoms with E-state index in [0.717, 1.165) is 29.5 Å². The minimum atomic E-state index is -3.70. The van der Waals surface area contributed by atoms with Crippen LogP contribution < -0.4 is 10.5 Å². The zero-order chi connectivity index (χ0) is 18.6. The number of nitrogens with zero attached hydrogens (tertiary/aromatic N) is 1. The van der Waals surface area contributed by atoms with Crippen molar-refractivity contribution in [2.45, 2.75) is 56.1 Å². The zero-order valence-electron chi connectivity index (χ0n) is 15.1. The number of rotatable bonds is 5. The second-order valence-corrected chi connectivity index (χ2v) is 9.65. The Morgan fingerprint density at radius 1 is 1.31 bits per heavy atom. The molecule has 7 heteroatoms. The first-order valence-corrected chi connectivity index (χ1v) is 10.7. The first-order chi connectivity index (χ1) is 12.3. The average molecular weight is 375 g/mol. The van der Waals surface area contributed by atoms with Gasteiger partial charge in [0.25, 0.3) is 0 Å². The minimum absolute atomic E-state index is 0.202. The van der Waals surface area contributed by atoms with Gasteiger partial charge in [-0.1, -0.05) is 13.8 Å². The summed E-state index contributed by atoms with van der Waals surface area (Å²) in [5.74, 6) is 0.624. The lowest BCUT2D eigenvalue weighted by Gasteiger charge is -2.16. The lowest BCUT2D eigenvalue weighted by Crippen LogP contribution is -2.28. The van der Waals surface area contributed by atoms with Crippen LogP contribution in [0, 0.1) is 5.92 Å². The summed E-state index contributed by atoms with van der Waals surface area (Å²) in [5, 5.41) is 11.7. The van der Waals surface area contributed by atoms with Crippen molar-refractivity contribution in [3.05, 3.63) is 35.2 Å². The number of benzene rings is 1. The third-order valence-corrected chi connectivity index (χ3v) is 6.72. The van der Waals surface area contributed by atoms with Gasteiger partial charge in [-0.3, -0.25) is 4.98 Å². The summed E-state index contributed by atoms with van der Waals surface area (Å²) in [7, 11) is -3.70. The van der Waals surface area contributed by atoms with Crippen molar-refractivity contribution in [3.8, 4) is 0 Å². The third-order valence-electron chi connectivity index (χ3n) is 5.25. The number of sulfonamides is 1. The number of nitrogens with two attached hydrogens (primary N) is 1. The number of aliphatic hydroxyl groups excluding tert-OH is 1. The van der Waals surface area contributed by atoms with Crippen LogP contribution in [0.3, 0.4) is 0 Å². The molecule has 2 atom stereocenters. The lowest BCUT2D eigenvalue weighted by molar-refractivity contribution is 0.173. The minimum Gasteiger partial charge on any atom is -0.388 e. The van der Waals surface area contributed by atoms with Gasteiger partial charge in [0, 0.05) is 41.2 Å². The fourth-order valence-corrected chi connectivity index (χ4v) is 5.14. The summed E-state index contributed by atoms with van der Waals surface area (Å²) in [6.07, 6.45) is 3.58. The van der Waals surface area contributed by atoms with Gasteiger partial charge in [0.05, 0.1) is 11.0 Å². The number of aliphatic hydroxyl groups is 1. The van der Waals surface area contributed by atoms with Crippen molar-refractivity contribution in [2.75, 3.05) is 6.54 Å². The molecule has 0 radical (unpaired) electrons. The molecule has 1 saturated carbocycles. The van der Waals surface area contributed by atoms with Crippen molar-refractivity contribution < 1.29 is 13.5 Å². The predicted octanol–water partition coefficient (Wildman–Crippen LogP) is 2.48. The van der Waals surface area contributed by atoms with Crippen molar-refractivity contribution in [2.24, 2.45) is 11.7 Å². The first kappa shape index (κ1) is 17.9. The van der Waals surface area contributed by atoms with E-state index in [0.29, 0.717) is 29.8 Å². The fourth-order valence-electron chi connectivity index (χ4n) is 3.70. The summed E-state index contributed by atoms with van der Waals surface area (Å²) < 4.78 is 28.7. The topological polar surface area (TPSA) is 105 Å². The van der Waals surface area contributed by atoms with Gasteiger partial charge in [-0.2, -0.15) is 0 Å². The molecule has 0 saturated heterocycles. The molecule has 1 aromatic heterocycles. The smallest absolute Gasteiger partial charge is 0.241 e. The van der Waals surface area contributed by atoms with Gasteiger partial charge in [0.15, 0.2) is 0 Å². The van der Waals surface area contributed by atoms with Crippen LogP contribution in [0.5, 0.6) is 0 Å². The molecule has 26 heavy (non-hydrogen) atoms. The standard InChI is InChI=1S/C19H25N3O3S/c1-10(2)8-22-26(24,25)18-6-13-17(23)7-15(20)19(13)14-9-21-16(5-12(14)18)11-3-4-11/h5-6,9-11,15,17,22-23H,3-4,7-8,20H2,1-2H3. The molecule has 1 aromatic carbocycles. The van der Waals surface area contributed by atoms with Crippen LogP contribution in [-0.4, -0.2) is 25.1 Å². The molecule has 2 unspecified atom stereocenters. The molecule has 0 amide bonds. The number of aromatic nitrogens is 1. The highest BCUT2D eigenvalue weighted by molar-refractivity contribution is 7.89. The van der Waals surface area contributed by atoms with Crippen LogP contribution in [0.25, 0.3) is 10.8 Å². The number of fused-ring (bicyclic) bond motifs is 3. The molecule has 2 aliphatic rings. The summed E-state index contributed by atoms with van der Waals surface area (Å²) >= 11 is 0. The summed E-state index contributed by atoms with van der Waals surface area (Å²) in [6.45, 7) is 4.28. The van der Waals surface area contributed by atoms with E-state index in [-0.39, 0.29) is 16.9 Å². The van der Waals surface area contributed by atoms with E-state index >= 15 is 0 Å². The Morgan fingerprint density at radius 3 is 2.69 bits per heavy atom. The van der Waals surface area contributed by atoms with Crippen LogP contribution in [0.15, 0.2) is 23.2 Å². The molecule has 6 nitrogen and oxygen atoms in total. The van der Waals surface area contributed by atoms with Crippen molar-refractivity contribution in [3.63, 3.8) is 0 Å². The van der Waals surface area contributed by atoms with E-state index in [1.165, 1.54) is 0 Å². The Kier molecular flexibility index (Phi) is 4.30. The number of hydrogen-bond donors (Lipinski definition) is 3. The number of hydrogen-bond acceptors (Lipinski definition) is 5. The third kappa shape index (κ3) is 3.03. The lowest BCUT2D eigenvalue weighted by atomic mass is 9.99. The van der Waals surface area contributed by atoms with Crippen LogP contribution in [0.2, 0.25) is 0 Å². The van der Waals surface area contributed by atoms with Gasteiger partial charge >= 0.3 is 0 Å². The molecule has 1 fully saturated rings. The van der Waals surface area contributed by atoms with E-state index < -0.39 is 16.1 Å². The molecule has 4 rings (SSSR count). The van der Waals surface area contributed by atoms with E-state index in [4.69, 9.17) is 5.73 Å². The highest BCUT2D eigenvalue weighted by atomic mass is 32.2. The Bertz CT molecular complexity index is 968. The number of nitrogens with one attached hydrogen (secondary N) is 1. The van der Waals surface area contributed by atoms with Crippen molar-refractivity contribution in [1.29, 1.82) is 0 Å². The van der Waals surface area contributed by atoms with E-state index in [2.05, 4.69) is 9.71 Å². The zero-order valence-corrected chi connectivity index (χ0v) is 15.9. The van der Waals surface area contributed by atoms with E-state index in [1.807, 2.05) is 19.9 Å². The fraction of sp³-hybridized carbons (Fsp3) is 0.526. The average Bonchev–Trinajstić information content (AvgIpc) is 3.38. The Labute approximate surface area is 153 Å². The van der Waals surface area contributed by atoms with Gasteiger partial charge in [0.2, 0.25) is 10.0 Å². The van der Waals surface area contributed by atoms with Gasteiger partial charge in [-0.25, -0.2) is 13.1 Å². The van der Waals surface area contributed by atoms with E-state index in [1.54, 1.807) is 12.3 Å². The predicted molar refractivity (Wildman–Crippen MR) is 100 cm³/mol. The molecule has 2 aromatic rings. The van der Waals surface area contributed by atoms with Crippen LogP contribution >= 0.6 is 0 Å². The molecular weight excluding hydrogens is 350 g/mol. The summed E-state index contributed by atoms with van der Waals surface area (Å²) in [5.41, 5.74) is 8.58. The van der Waals surface area contributed by atoms with Gasteiger partial charge in [-0.15, -0.1) is 0 Å². The van der Waals surface area contributed by atoms with Crippen molar-refractivity contribution >= 4 is 20.8 Å².